The van der Waals surface area contributed by atoms with Crippen LogP contribution in [0.5, 0.6) is 0 Å². The molecule has 17 heavy (non-hydrogen) atoms. The number of nitrogens with zero attached hydrogens (tertiary/aromatic N) is 2. The van der Waals surface area contributed by atoms with Crippen molar-refractivity contribution < 1.29 is 4.52 Å². The second-order valence-corrected chi connectivity index (χ2v) is 4.24. The zero-order valence-electron chi connectivity index (χ0n) is 10.2. The van der Waals surface area contributed by atoms with Crippen molar-refractivity contribution in [1.82, 2.24) is 10.1 Å². The van der Waals surface area contributed by atoms with Crippen molar-refractivity contribution in [3.8, 4) is 11.1 Å². The van der Waals surface area contributed by atoms with Gasteiger partial charge in [-0.15, -0.1) is 0 Å². The Hall–Kier alpha value is -1.84. The van der Waals surface area contributed by atoms with E-state index in [1.807, 2.05) is 12.1 Å². The second kappa shape index (κ2) is 4.99. The number of rotatable bonds is 4. The van der Waals surface area contributed by atoms with Crippen molar-refractivity contribution in [3.05, 3.63) is 30.2 Å². The molecule has 2 heterocycles. The largest absolute Gasteiger partial charge is 0.367 e. The maximum absolute atomic E-state index is 5.85. The molecule has 0 aromatic carbocycles. The molecule has 2 N–H and O–H groups in total. The van der Waals surface area contributed by atoms with Gasteiger partial charge in [0.05, 0.1) is 11.3 Å². The molecule has 2 aromatic rings. The van der Waals surface area contributed by atoms with E-state index in [2.05, 4.69) is 24.0 Å². The predicted octanol–water partition coefficient (Wildman–Crippen LogP) is 3.22. The van der Waals surface area contributed by atoms with Gasteiger partial charge < -0.3 is 10.3 Å². The van der Waals surface area contributed by atoms with Crippen molar-refractivity contribution in [2.24, 2.45) is 0 Å². The second-order valence-electron chi connectivity index (χ2n) is 4.24. The van der Waals surface area contributed by atoms with E-state index in [-0.39, 0.29) is 0 Å². The molecule has 1 unspecified atom stereocenters. The zero-order chi connectivity index (χ0) is 12.3. The van der Waals surface area contributed by atoms with E-state index in [0.717, 1.165) is 29.7 Å². The lowest BCUT2D eigenvalue weighted by molar-refractivity contribution is 0.419. The summed E-state index contributed by atoms with van der Waals surface area (Å²) in [7, 11) is 0. The number of aromatic nitrogens is 2. The van der Waals surface area contributed by atoms with E-state index in [1.54, 1.807) is 12.4 Å². The van der Waals surface area contributed by atoms with Gasteiger partial charge in [-0.2, -0.15) is 0 Å². The molecule has 90 valence electrons. The topological polar surface area (TPSA) is 64.9 Å². The van der Waals surface area contributed by atoms with Gasteiger partial charge >= 0.3 is 0 Å². The number of hydrogen-bond donors (Lipinski definition) is 1. The highest BCUT2D eigenvalue weighted by atomic mass is 16.5. The minimum absolute atomic E-state index is 0.344. The van der Waals surface area contributed by atoms with Gasteiger partial charge in [-0.25, -0.2) is 0 Å². The van der Waals surface area contributed by atoms with Crippen molar-refractivity contribution in [3.63, 3.8) is 0 Å². The first-order valence-electron chi connectivity index (χ1n) is 5.89. The average molecular weight is 231 g/mol. The van der Waals surface area contributed by atoms with Crippen molar-refractivity contribution in [2.45, 2.75) is 32.6 Å². The maximum Gasteiger partial charge on any atom is 0.230 e. The van der Waals surface area contributed by atoms with Crippen molar-refractivity contribution in [1.29, 1.82) is 0 Å². The Morgan fingerprint density at radius 2 is 2.29 bits per heavy atom. The van der Waals surface area contributed by atoms with Gasteiger partial charge in [0.15, 0.2) is 0 Å². The highest BCUT2D eigenvalue weighted by molar-refractivity contribution is 5.74. The Morgan fingerprint density at radius 3 is 2.94 bits per heavy atom. The molecule has 1 atom stereocenters. The lowest BCUT2D eigenvalue weighted by Gasteiger charge is -2.08. The lowest BCUT2D eigenvalue weighted by Crippen LogP contribution is -1.97. The fraction of sp³-hybridized carbons (Fsp3) is 0.385. The van der Waals surface area contributed by atoms with Gasteiger partial charge in [0.1, 0.15) is 0 Å². The molecular formula is C13H17N3O. The van der Waals surface area contributed by atoms with Gasteiger partial charge in [0.25, 0.3) is 0 Å². The maximum atomic E-state index is 5.85. The molecule has 0 amide bonds. The van der Waals surface area contributed by atoms with Crippen LogP contribution < -0.4 is 5.73 Å². The first-order chi connectivity index (χ1) is 8.24. The van der Waals surface area contributed by atoms with E-state index in [4.69, 9.17) is 10.3 Å². The van der Waals surface area contributed by atoms with Gasteiger partial charge in [-0.05, 0) is 12.5 Å². The van der Waals surface area contributed by atoms with Crippen LogP contribution in [0.1, 0.15) is 38.3 Å². The van der Waals surface area contributed by atoms with Crippen molar-refractivity contribution >= 4 is 5.88 Å². The van der Waals surface area contributed by atoms with Gasteiger partial charge in [0.2, 0.25) is 5.88 Å². The lowest BCUT2D eigenvalue weighted by atomic mass is 9.96. The monoisotopic (exact) mass is 231 g/mol. The molecule has 0 saturated carbocycles. The highest BCUT2D eigenvalue weighted by Gasteiger charge is 2.20. The highest BCUT2D eigenvalue weighted by Crippen LogP contribution is 2.34. The molecule has 0 radical (unpaired) electrons. The Balaban J connectivity index is 2.43. The summed E-state index contributed by atoms with van der Waals surface area (Å²) in [6.45, 7) is 4.30. The van der Waals surface area contributed by atoms with Gasteiger partial charge in [-0.1, -0.05) is 31.5 Å². The first-order valence-corrected chi connectivity index (χ1v) is 5.89. The summed E-state index contributed by atoms with van der Waals surface area (Å²) in [6, 6.07) is 3.86. The van der Waals surface area contributed by atoms with Crippen LogP contribution in [-0.4, -0.2) is 10.1 Å². The Labute approximate surface area is 101 Å². The van der Waals surface area contributed by atoms with Crippen LogP contribution in [-0.2, 0) is 0 Å². The van der Waals surface area contributed by atoms with E-state index in [1.165, 1.54) is 0 Å². The van der Waals surface area contributed by atoms with E-state index in [0.29, 0.717) is 11.8 Å². The predicted molar refractivity (Wildman–Crippen MR) is 67.5 cm³/mol. The van der Waals surface area contributed by atoms with Crippen LogP contribution in [0.25, 0.3) is 11.1 Å². The number of nitrogen functional groups attached to an aromatic ring is 1. The number of hydrogen-bond acceptors (Lipinski definition) is 4. The van der Waals surface area contributed by atoms with Gasteiger partial charge in [-0.3, -0.25) is 4.98 Å². The summed E-state index contributed by atoms with van der Waals surface area (Å²) in [6.07, 6.45) is 5.70. The number of anilines is 1. The number of nitrogens with two attached hydrogens (primary N) is 1. The molecule has 2 aromatic heterocycles. The molecule has 2 rings (SSSR count). The Bertz CT molecular complexity index is 479. The zero-order valence-corrected chi connectivity index (χ0v) is 10.2. The van der Waals surface area contributed by atoms with E-state index >= 15 is 0 Å². The third-order valence-electron chi connectivity index (χ3n) is 2.88. The molecule has 4 nitrogen and oxygen atoms in total. The van der Waals surface area contributed by atoms with Crippen LogP contribution in [0.4, 0.5) is 5.88 Å². The fourth-order valence-electron chi connectivity index (χ4n) is 2.02. The molecule has 0 aliphatic heterocycles. The molecule has 0 saturated heterocycles. The summed E-state index contributed by atoms with van der Waals surface area (Å²) < 4.78 is 5.12. The van der Waals surface area contributed by atoms with Crippen LogP contribution in [0.2, 0.25) is 0 Å². The standard InChI is InChI=1S/C13H17N3O/c1-3-5-9(2)12-11(13(14)17-16-12)10-6-4-7-15-8-10/h4,6-9H,3,5,14H2,1-2H3. The van der Waals surface area contributed by atoms with E-state index < -0.39 is 0 Å². The molecule has 0 aliphatic rings. The SMILES string of the molecule is CCCC(C)c1noc(N)c1-c1cccnc1. The van der Waals surface area contributed by atoms with Gasteiger partial charge in [0, 0.05) is 23.9 Å². The summed E-state index contributed by atoms with van der Waals surface area (Å²) in [5.74, 6) is 0.715. The summed E-state index contributed by atoms with van der Waals surface area (Å²) in [5.41, 5.74) is 8.63. The molecule has 0 fully saturated rings. The summed E-state index contributed by atoms with van der Waals surface area (Å²) in [4.78, 5) is 4.10. The van der Waals surface area contributed by atoms with Crippen LogP contribution in [0.3, 0.4) is 0 Å². The smallest absolute Gasteiger partial charge is 0.230 e. The van der Waals surface area contributed by atoms with Crippen LogP contribution >= 0.6 is 0 Å². The molecule has 0 aliphatic carbocycles. The fourth-order valence-corrected chi connectivity index (χ4v) is 2.02. The molecule has 0 bridgehead atoms. The van der Waals surface area contributed by atoms with E-state index in [9.17, 15) is 0 Å². The first kappa shape index (κ1) is 11.6. The molecular weight excluding hydrogens is 214 g/mol. The number of pyridine rings is 1. The minimum Gasteiger partial charge on any atom is -0.367 e. The minimum atomic E-state index is 0.344. The Morgan fingerprint density at radius 1 is 1.47 bits per heavy atom. The average Bonchev–Trinajstić information content (AvgIpc) is 2.73. The third kappa shape index (κ3) is 2.30. The quantitative estimate of drug-likeness (QED) is 0.877. The molecule has 0 spiro atoms. The Kier molecular flexibility index (Phi) is 3.42. The third-order valence-corrected chi connectivity index (χ3v) is 2.88. The summed E-state index contributed by atoms with van der Waals surface area (Å²) in [5, 5.41) is 4.08. The van der Waals surface area contributed by atoms with Crippen molar-refractivity contribution in [2.75, 3.05) is 5.73 Å². The van der Waals surface area contributed by atoms with Crippen LogP contribution in [0, 0.1) is 0 Å². The normalized spacial score (nSPS) is 12.6. The summed E-state index contributed by atoms with van der Waals surface area (Å²) >= 11 is 0. The molecule has 4 heteroatoms. The van der Waals surface area contributed by atoms with Crippen LogP contribution in [0.15, 0.2) is 29.0 Å².